The number of nitrogens with one attached hydrogen (secondary N) is 2. The first-order valence-corrected chi connectivity index (χ1v) is 37.0. The molecule has 2 N–H and O–H groups in total. The number of nitrogens with zero attached hydrogens (tertiary/aromatic N) is 4. The predicted octanol–water partition coefficient (Wildman–Crippen LogP) is 14.4. The van der Waals surface area contributed by atoms with E-state index in [9.17, 15) is 18.0 Å². The van der Waals surface area contributed by atoms with E-state index in [0.717, 1.165) is 127 Å². The Kier molecular flexibility index (Phi) is 24.6. The number of fused-ring (bicyclic) bond motifs is 2. The molecule has 9 aromatic rings. The van der Waals surface area contributed by atoms with Crippen molar-refractivity contribution in [2.45, 2.75) is 171 Å². The molecule has 0 saturated heterocycles. The summed E-state index contributed by atoms with van der Waals surface area (Å²) in [5, 5.41) is 6.69. The molecular formula is C81H94N6O8S2. The SMILES string of the molecule is COc1cc(S(=O)(=O)N2Cc3c(ncn3C)C[C@H]2C(=O)NC(CCCc2ccccc2)CCCc2ccccc2)cc(C)c1C.COc1cc(S(=O)(=O)N2[C@H](C(=O)NC(CCCc3ccccc3)CCCc3ccccc3)Cc3ccccc3[C@@H]2Cc2ccccc2)cc(C)c1C. The Morgan fingerprint density at radius 3 is 1.33 bits per heavy atom. The molecule has 0 radical (unpaired) electrons. The fourth-order valence-electron chi connectivity index (χ4n) is 13.7. The van der Waals surface area contributed by atoms with Crippen LogP contribution in [-0.2, 0) is 88.2 Å². The van der Waals surface area contributed by atoms with E-state index in [1.807, 2.05) is 142 Å². The van der Waals surface area contributed by atoms with Crippen molar-refractivity contribution in [3.8, 4) is 11.5 Å². The predicted molar refractivity (Wildman–Crippen MR) is 386 cm³/mol. The number of amides is 2. The van der Waals surface area contributed by atoms with Crippen molar-refractivity contribution in [2.75, 3.05) is 14.2 Å². The summed E-state index contributed by atoms with van der Waals surface area (Å²) in [4.78, 5) is 33.7. The first-order valence-electron chi connectivity index (χ1n) is 34.1. The molecule has 0 fully saturated rings. The molecule has 3 atom stereocenters. The molecule has 0 aliphatic carbocycles. The lowest BCUT2D eigenvalue weighted by atomic mass is 9.86. The molecule has 97 heavy (non-hydrogen) atoms. The smallest absolute Gasteiger partial charge is 0.244 e. The number of imidazole rings is 1. The van der Waals surface area contributed by atoms with Crippen LogP contribution in [0.1, 0.15) is 130 Å². The van der Waals surface area contributed by atoms with Gasteiger partial charge in [-0.3, -0.25) is 9.59 Å². The van der Waals surface area contributed by atoms with Crippen LogP contribution in [0.5, 0.6) is 11.5 Å². The molecule has 1 aromatic heterocycles. The zero-order chi connectivity index (χ0) is 68.5. The molecule has 0 unspecified atom stereocenters. The van der Waals surface area contributed by atoms with Crippen LogP contribution in [0.4, 0.5) is 0 Å². The number of aryl methyl sites for hydroxylation is 7. The number of hydrogen-bond acceptors (Lipinski definition) is 9. The van der Waals surface area contributed by atoms with Crippen LogP contribution in [0.2, 0.25) is 0 Å². The summed E-state index contributed by atoms with van der Waals surface area (Å²) in [6, 6.07) is 63.4. The van der Waals surface area contributed by atoms with Crippen molar-refractivity contribution < 1.29 is 35.9 Å². The maximum atomic E-state index is 15.1. The fourth-order valence-corrected chi connectivity index (χ4v) is 17.2. The second-order valence-electron chi connectivity index (χ2n) is 26.0. The number of carbonyl (C=O) groups excluding carboxylic acids is 2. The summed E-state index contributed by atoms with van der Waals surface area (Å²) in [6.45, 7) is 7.65. The third-order valence-corrected chi connectivity index (χ3v) is 23.2. The molecule has 0 saturated carbocycles. The van der Waals surface area contributed by atoms with E-state index >= 15 is 8.42 Å². The van der Waals surface area contributed by atoms with Gasteiger partial charge in [0.2, 0.25) is 31.9 Å². The lowest BCUT2D eigenvalue weighted by Gasteiger charge is -2.42. The average molecular weight is 1340 g/mol. The molecule has 16 heteroatoms. The van der Waals surface area contributed by atoms with Crippen molar-refractivity contribution >= 4 is 31.9 Å². The van der Waals surface area contributed by atoms with Crippen molar-refractivity contribution in [2.24, 2.45) is 7.05 Å². The van der Waals surface area contributed by atoms with E-state index in [1.54, 1.807) is 37.7 Å². The number of ether oxygens (including phenoxy) is 2. The lowest BCUT2D eigenvalue weighted by molar-refractivity contribution is -0.127. The second-order valence-corrected chi connectivity index (χ2v) is 29.8. The minimum Gasteiger partial charge on any atom is -0.496 e. The van der Waals surface area contributed by atoms with Gasteiger partial charge in [-0.15, -0.1) is 0 Å². The Labute approximate surface area is 575 Å². The summed E-state index contributed by atoms with van der Waals surface area (Å²) < 4.78 is 74.5. The Balaban J connectivity index is 0.000000213. The van der Waals surface area contributed by atoms with E-state index in [2.05, 4.69) is 88.4 Å². The highest BCUT2D eigenvalue weighted by Crippen LogP contribution is 2.42. The van der Waals surface area contributed by atoms with E-state index in [0.29, 0.717) is 17.9 Å². The van der Waals surface area contributed by atoms with Gasteiger partial charge < -0.3 is 24.7 Å². The van der Waals surface area contributed by atoms with Gasteiger partial charge in [-0.05, 0) is 191 Å². The standard InChI is InChI=1S/C45H50N2O4S.C36H44N4O4S/c1-33-29-40(32-44(51-3)34(33)2)52(49,50)47-42(30-37-21-11-6-12-22-37)41-28-14-13-25-38(41)31-43(47)45(48)46-39(26-15-23-35-17-7-4-8-18-35)27-16-24-36-19-9-5-10-20-36;1-26-21-31(22-35(44-4)27(26)2)45(42,43)40-24-34-32(37-25-39(34)3)23-33(40)36(41)38-30(19-11-17-28-13-7-5-8-14-28)20-12-18-29-15-9-6-10-16-29/h4-14,17-22,25,28-29,32,39,42-43H,15-16,23-24,26-27,30-31H2,1-3H3,(H,46,48);5-10,13-16,21-22,25,30,33H,11-12,17-20,23-24H2,1-4H3,(H,38,41)/t42-,43-;33-/m00/s1. The number of aromatic nitrogens is 2. The van der Waals surface area contributed by atoms with Crippen LogP contribution in [0, 0.1) is 27.7 Å². The number of methoxy groups -OCH3 is 2. The number of benzene rings is 8. The molecule has 2 aliphatic rings. The molecule has 0 spiro atoms. The van der Waals surface area contributed by atoms with E-state index in [4.69, 9.17) is 9.47 Å². The largest absolute Gasteiger partial charge is 0.496 e. The quantitative estimate of drug-likeness (QED) is 0.0485. The van der Waals surface area contributed by atoms with Gasteiger partial charge >= 0.3 is 0 Å². The summed E-state index contributed by atoms with van der Waals surface area (Å²) in [7, 11) is -3.30. The zero-order valence-electron chi connectivity index (χ0n) is 57.2. The van der Waals surface area contributed by atoms with Gasteiger partial charge in [0.15, 0.2) is 0 Å². The van der Waals surface area contributed by atoms with Gasteiger partial charge in [0, 0.05) is 37.7 Å². The molecule has 11 rings (SSSR count). The Morgan fingerprint density at radius 1 is 0.505 bits per heavy atom. The molecule has 8 aromatic carbocycles. The van der Waals surface area contributed by atoms with Gasteiger partial charge in [-0.1, -0.05) is 176 Å². The normalized spacial score (nSPS) is 15.6. The number of hydrogen-bond donors (Lipinski definition) is 2. The van der Waals surface area contributed by atoms with Crippen molar-refractivity contribution in [3.05, 3.63) is 279 Å². The Hall–Kier alpha value is -8.67. The van der Waals surface area contributed by atoms with Crippen LogP contribution in [0.15, 0.2) is 216 Å². The highest BCUT2D eigenvalue weighted by Gasteiger charge is 2.47. The summed E-state index contributed by atoms with van der Waals surface area (Å²) in [5.74, 6) is 0.477. The van der Waals surface area contributed by atoms with Crippen LogP contribution in [0.25, 0.3) is 0 Å². The minimum atomic E-state index is -4.19. The highest BCUT2D eigenvalue weighted by atomic mass is 32.2. The molecule has 3 heterocycles. The molecule has 2 aliphatic heterocycles. The maximum absolute atomic E-state index is 15.1. The van der Waals surface area contributed by atoms with E-state index in [-0.39, 0.29) is 53.1 Å². The summed E-state index contributed by atoms with van der Waals surface area (Å²) in [5.41, 5.74) is 12.9. The molecule has 508 valence electrons. The fraction of sp³-hybridized carbons (Fsp3) is 0.346. The van der Waals surface area contributed by atoms with Gasteiger partial charge in [-0.2, -0.15) is 8.61 Å². The van der Waals surface area contributed by atoms with Crippen LogP contribution < -0.4 is 20.1 Å². The topological polar surface area (TPSA) is 169 Å². The molecule has 0 bridgehead atoms. The first kappa shape index (κ1) is 71.1. The lowest BCUT2D eigenvalue weighted by Crippen LogP contribution is -2.56. The van der Waals surface area contributed by atoms with Crippen LogP contribution >= 0.6 is 0 Å². The Morgan fingerprint density at radius 2 is 0.897 bits per heavy atom. The summed E-state index contributed by atoms with van der Waals surface area (Å²) >= 11 is 0. The summed E-state index contributed by atoms with van der Waals surface area (Å²) in [6.07, 6.45) is 13.1. The van der Waals surface area contributed by atoms with E-state index in [1.165, 1.54) is 38.0 Å². The molecule has 14 nitrogen and oxygen atoms in total. The van der Waals surface area contributed by atoms with Crippen LogP contribution in [-0.4, -0.2) is 85.2 Å². The van der Waals surface area contributed by atoms with Gasteiger partial charge in [0.05, 0.1) is 54.3 Å². The van der Waals surface area contributed by atoms with Crippen molar-refractivity contribution in [1.82, 2.24) is 28.8 Å². The number of rotatable bonds is 28. The van der Waals surface area contributed by atoms with Crippen molar-refractivity contribution in [3.63, 3.8) is 0 Å². The average Bonchev–Trinajstić information content (AvgIpc) is 1.38. The number of carbonyl (C=O) groups is 2. The van der Waals surface area contributed by atoms with Gasteiger partial charge in [-0.25, -0.2) is 21.8 Å². The maximum Gasteiger partial charge on any atom is 0.244 e. The second kappa shape index (κ2) is 33.5. The first-order chi connectivity index (χ1) is 46.9. The van der Waals surface area contributed by atoms with Crippen molar-refractivity contribution in [1.29, 1.82) is 0 Å². The van der Waals surface area contributed by atoms with Gasteiger partial charge in [0.1, 0.15) is 23.6 Å². The van der Waals surface area contributed by atoms with Gasteiger partial charge in [0.25, 0.3) is 0 Å². The van der Waals surface area contributed by atoms with Crippen LogP contribution in [0.3, 0.4) is 0 Å². The number of sulfonamides is 2. The monoisotopic (exact) mass is 1340 g/mol. The molecule has 2 amide bonds. The third-order valence-electron chi connectivity index (χ3n) is 19.4. The Bertz CT molecular complexity index is 4200. The molecular weight excluding hydrogens is 1250 g/mol. The zero-order valence-corrected chi connectivity index (χ0v) is 58.8. The third kappa shape index (κ3) is 18.1. The van der Waals surface area contributed by atoms with E-state index < -0.39 is 38.2 Å². The highest BCUT2D eigenvalue weighted by molar-refractivity contribution is 7.89. The minimum absolute atomic E-state index is 0.0637.